The smallest absolute Gasteiger partial charge is 0.226 e. The first kappa shape index (κ1) is 16.3. The van der Waals surface area contributed by atoms with Gasteiger partial charge in [-0.2, -0.15) is 0 Å². The van der Waals surface area contributed by atoms with E-state index in [0.717, 1.165) is 6.42 Å². The molecule has 106 valence electrons. The zero-order valence-electron chi connectivity index (χ0n) is 11.5. The van der Waals surface area contributed by atoms with Gasteiger partial charge in [0.05, 0.1) is 15.7 Å². The Kier molecular flexibility index (Phi) is 5.65. The van der Waals surface area contributed by atoms with Crippen molar-refractivity contribution < 1.29 is 4.79 Å². The van der Waals surface area contributed by atoms with Crippen LogP contribution in [0.5, 0.6) is 0 Å². The third-order valence-electron chi connectivity index (χ3n) is 2.55. The van der Waals surface area contributed by atoms with Gasteiger partial charge < -0.3 is 11.1 Å². The first-order valence-corrected chi connectivity index (χ1v) is 6.94. The van der Waals surface area contributed by atoms with Crippen LogP contribution in [0.15, 0.2) is 18.2 Å². The lowest BCUT2D eigenvalue weighted by Crippen LogP contribution is -2.31. The van der Waals surface area contributed by atoms with E-state index < -0.39 is 0 Å². The van der Waals surface area contributed by atoms with Crippen molar-refractivity contribution in [1.82, 2.24) is 0 Å². The molecule has 1 rings (SSSR count). The number of halogens is 2. The molecule has 5 heteroatoms. The molecule has 1 aromatic carbocycles. The van der Waals surface area contributed by atoms with Crippen LogP contribution in [0.2, 0.25) is 10.0 Å². The Bertz CT molecular complexity index is 435. The molecule has 1 amide bonds. The number of hydrogen-bond donors (Lipinski definition) is 2. The van der Waals surface area contributed by atoms with Crippen LogP contribution in [0, 0.1) is 5.41 Å². The summed E-state index contributed by atoms with van der Waals surface area (Å²) in [6.45, 7) is 6.28. The van der Waals surface area contributed by atoms with Crippen LogP contribution in [-0.4, -0.2) is 11.9 Å². The van der Waals surface area contributed by atoms with Gasteiger partial charge in [0.1, 0.15) is 0 Å². The van der Waals surface area contributed by atoms with Crippen LogP contribution in [0.25, 0.3) is 0 Å². The topological polar surface area (TPSA) is 55.1 Å². The second kappa shape index (κ2) is 6.60. The molecule has 0 spiro atoms. The van der Waals surface area contributed by atoms with Gasteiger partial charge in [-0.25, -0.2) is 0 Å². The first-order chi connectivity index (χ1) is 8.69. The number of carbonyl (C=O) groups is 1. The molecule has 0 bridgehead atoms. The fourth-order valence-corrected chi connectivity index (χ4v) is 2.40. The van der Waals surface area contributed by atoms with E-state index in [1.165, 1.54) is 0 Å². The molecule has 0 saturated carbocycles. The molecule has 0 fully saturated rings. The monoisotopic (exact) mass is 302 g/mol. The van der Waals surface area contributed by atoms with E-state index in [4.69, 9.17) is 28.9 Å². The van der Waals surface area contributed by atoms with Crippen molar-refractivity contribution in [3.63, 3.8) is 0 Å². The second-order valence-corrected chi connectivity index (χ2v) is 6.69. The van der Waals surface area contributed by atoms with Gasteiger partial charge in [0.2, 0.25) is 5.91 Å². The summed E-state index contributed by atoms with van der Waals surface area (Å²) in [5, 5.41) is 3.56. The van der Waals surface area contributed by atoms with Crippen LogP contribution >= 0.6 is 23.2 Å². The predicted molar refractivity (Wildman–Crippen MR) is 81.8 cm³/mol. The van der Waals surface area contributed by atoms with E-state index in [-0.39, 0.29) is 23.8 Å². The summed E-state index contributed by atoms with van der Waals surface area (Å²) >= 11 is 12.0. The van der Waals surface area contributed by atoms with Gasteiger partial charge in [-0.1, -0.05) is 50.0 Å². The van der Waals surface area contributed by atoms with Crippen LogP contribution in [0.3, 0.4) is 0 Å². The molecule has 0 aromatic heterocycles. The molecule has 0 aliphatic heterocycles. The number of nitrogens with one attached hydrogen (secondary N) is 1. The van der Waals surface area contributed by atoms with E-state index >= 15 is 0 Å². The van der Waals surface area contributed by atoms with Gasteiger partial charge in [0.25, 0.3) is 0 Å². The van der Waals surface area contributed by atoms with Crippen molar-refractivity contribution in [2.45, 2.75) is 39.7 Å². The summed E-state index contributed by atoms with van der Waals surface area (Å²) in [4.78, 5) is 11.9. The normalized spacial score (nSPS) is 13.2. The summed E-state index contributed by atoms with van der Waals surface area (Å²) in [5.41, 5.74) is 6.51. The van der Waals surface area contributed by atoms with Crippen molar-refractivity contribution in [2.24, 2.45) is 11.1 Å². The number of hydrogen-bond acceptors (Lipinski definition) is 2. The largest absolute Gasteiger partial charge is 0.327 e. The van der Waals surface area contributed by atoms with Crippen LogP contribution < -0.4 is 11.1 Å². The summed E-state index contributed by atoms with van der Waals surface area (Å²) in [7, 11) is 0. The van der Waals surface area contributed by atoms with E-state index in [1.807, 2.05) is 0 Å². The molecular weight excluding hydrogens is 283 g/mol. The van der Waals surface area contributed by atoms with E-state index in [1.54, 1.807) is 18.2 Å². The van der Waals surface area contributed by atoms with Crippen molar-refractivity contribution in [3.05, 3.63) is 28.2 Å². The average Bonchev–Trinajstić information content (AvgIpc) is 2.20. The quantitative estimate of drug-likeness (QED) is 0.880. The van der Waals surface area contributed by atoms with Crippen molar-refractivity contribution in [1.29, 1.82) is 0 Å². The summed E-state index contributed by atoms with van der Waals surface area (Å²) in [6.07, 6.45) is 1.02. The van der Waals surface area contributed by atoms with Crippen LogP contribution in [-0.2, 0) is 4.79 Å². The zero-order chi connectivity index (χ0) is 14.6. The molecular formula is C14H20Cl2N2O. The summed E-state index contributed by atoms with van der Waals surface area (Å²) < 4.78 is 0. The highest BCUT2D eigenvalue weighted by atomic mass is 35.5. The molecule has 0 aliphatic rings. The lowest BCUT2D eigenvalue weighted by Gasteiger charge is -2.22. The van der Waals surface area contributed by atoms with Gasteiger partial charge in [0, 0.05) is 12.5 Å². The molecule has 0 saturated heterocycles. The molecule has 3 N–H and O–H groups in total. The zero-order valence-corrected chi connectivity index (χ0v) is 13.0. The average molecular weight is 303 g/mol. The summed E-state index contributed by atoms with van der Waals surface area (Å²) in [5.74, 6) is -0.174. The minimum absolute atomic E-state index is 0.0989. The number of rotatable bonds is 4. The predicted octanol–water partition coefficient (Wildman–Crippen LogP) is 4.09. The Morgan fingerprint density at radius 2 is 1.84 bits per heavy atom. The van der Waals surface area contributed by atoms with E-state index in [0.29, 0.717) is 15.7 Å². The minimum Gasteiger partial charge on any atom is -0.327 e. The Morgan fingerprint density at radius 3 is 2.32 bits per heavy atom. The molecule has 3 nitrogen and oxygen atoms in total. The Hall–Kier alpha value is -0.770. The molecule has 0 radical (unpaired) electrons. The highest BCUT2D eigenvalue weighted by Crippen LogP contribution is 2.30. The fourth-order valence-electron chi connectivity index (χ4n) is 1.90. The number of nitrogens with two attached hydrogens (primary N) is 1. The molecule has 1 atom stereocenters. The Labute approximate surface area is 124 Å². The minimum atomic E-state index is -0.179. The third-order valence-corrected chi connectivity index (χ3v) is 3.18. The number of amides is 1. The lowest BCUT2D eigenvalue weighted by atomic mass is 9.87. The van der Waals surface area contributed by atoms with Gasteiger partial charge in [-0.05, 0) is 24.0 Å². The Balaban J connectivity index is 2.61. The number of carbonyl (C=O) groups excluding carboxylic acids is 1. The highest BCUT2D eigenvalue weighted by molar-refractivity contribution is 6.39. The van der Waals surface area contributed by atoms with E-state index in [2.05, 4.69) is 26.1 Å². The maximum absolute atomic E-state index is 11.9. The number of para-hydroxylation sites is 1. The summed E-state index contributed by atoms with van der Waals surface area (Å²) in [6, 6.07) is 4.91. The van der Waals surface area contributed by atoms with Crippen LogP contribution in [0.1, 0.15) is 33.6 Å². The standard InChI is InChI=1S/C14H20Cl2N2O/c1-14(2,3)8-9(17)7-12(19)18-13-10(15)5-4-6-11(13)16/h4-6,9H,7-8,17H2,1-3H3,(H,18,19). The maximum atomic E-state index is 11.9. The third kappa shape index (κ3) is 5.81. The highest BCUT2D eigenvalue weighted by Gasteiger charge is 2.19. The lowest BCUT2D eigenvalue weighted by molar-refractivity contribution is -0.116. The molecule has 0 aliphatic carbocycles. The van der Waals surface area contributed by atoms with Gasteiger partial charge in [-0.15, -0.1) is 0 Å². The Morgan fingerprint density at radius 1 is 1.32 bits per heavy atom. The molecule has 1 aromatic rings. The molecule has 0 heterocycles. The van der Waals surface area contributed by atoms with Gasteiger partial charge >= 0.3 is 0 Å². The van der Waals surface area contributed by atoms with Gasteiger partial charge in [-0.3, -0.25) is 4.79 Å². The SMILES string of the molecule is CC(C)(C)CC(N)CC(=O)Nc1c(Cl)cccc1Cl. The first-order valence-electron chi connectivity index (χ1n) is 6.18. The van der Waals surface area contributed by atoms with Crippen LogP contribution in [0.4, 0.5) is 5.69 Å². The number of benzene rings is 1. The van der Waals surface area contributed by atoms with E-state index in [9.17, 15) is 4.79 Å². The molecule has 19 heavy (non-hydrogen) atoms. The van der Waals surface area contributed by atoms with Crippen molar-refractivity contribution in [2.75, 3.05) is 5.32 Å². The maximum Gasteiger partial charge on any atom is 0.226 e. The number of anilines is 1. The fraction of sp³-hybridized carbons (Fsp3) is 0.500. The molecule has 1 unspecified atom stereocenters. The second-order valence-electron chi connectivity index (χ2n) is 5.87. The van der Waals surface area contributed by atoms with Gasteiger partial charge in [0.15, 0.2) is 0 Å². The van der Waals surface area contributed by atoms with Crippen molar-refractivity contribution in [3.8, 4) is 0 Å². The van der Waals surface area contributed by atoms with Crippen molar-refractivity contribution >= 4 is 34.8 Å².